The van der Waals surface area contributed by atoms with Crippen molar-refractivity contribution in [3.05, 3.63) is 80.4 Å². The van der Waals surface area contributed by atoms with E-state index in [9.17, 15) is 9.59 Å². The summed E-state index contributed by atoms with van der Waals surface area (Å²) in [5, 5.41) is 5.34. The van der Waals surface area contributed by atoms with Gasteiger partial charge in [0.15, 0.2) is 0 Å². The van der Waals surface area contributed by atoms with Gasteiger partial charge >= 0.3 is 0 Å². The molecule has 1 saturated heterocycles. The molecule has 0 spiro atoms. The number of carbonyl (C=O) groups excluding carboxylic acids is 1. The highest BCUT2D eigenvalue weighted by Gasteiger charge is 2.19. The third kappa shape index (κ3) is 6.27. The molecule has 1 amide bonds. The Balaban J connectivity index is 1.34. The van der Waals surface area contributed by atoms with Crippen molar-refractivity contribution >= 4 is 22.9 Å². The van der Waals surface area contributed by atoms with Crippen molar-refractivity contribution in [2.75, 3.05) is 51.7 Å². The summed E-state index contributed by atoms with van der Waals surface area (Å²) in [7, 11) is 2.08. The first-order valence-corrected chi connectivity index (χ1v) is 12.5. The van der Waals surface area contributed by atoms with Gasteiger partial charge in [0.2, 0.25) is 5.91 Å². The van der Waals surface area contributed by atoms with E-state index in [1.54, 1.807) is 28.2 Å². The Labute approximate surface area is 204 Å². The van der Waals surface area contributed by atoms with Gasteiger partial charge in [0, 0.05) is 55.4 Å². The lowest BCUT2D eigenvalue weighted by Crippen LogP contribution is -2.48. The zero-order chi connectivity index (χ0) is 23.9. The Kier molecular flexibility index (Phi) is 8.03. The molecule has 1 aliphatic heterocycles. The maximum atomic E-state index is 12.7. The minimum Gasteiger partial charge on any atom is -0.493 e. The Morgan fingerprint density at radius 1 is 1.12 bits per heavy atom. The molecule has 1 fully saturated rings. The lowest BCUT2D eigenvalue weighted by Gasteiger charge is -2.32. The van der Waals surface area contributed by atoms with Crippen LogP contribution in [0.4, 0.5) is 5.69 Å². The third-order valence-corrected chi connectivity index (χ3v) is 7.17. The van der Waals surface area contributed by atoms with E-state index in [2.05, 4.69) is 28.7 Å². The molecule has 1 aromatic carbocycles. The number of anilines is 1. The number of amides is 1. The van der Waals surface area contributed by atoms with Crippen molar-refractivity contribution in [1.29, 1.82) is 0 Å². The number of benzene rings is 1. The van der Waals surface area contributed by atoms with Crippen molar-refractivity contribution in [2.45, 2.75) is 19.9 Å². The van der Waals surface area contributed by atoms with Crippen LogP contribution in [0.3, 0.4) is 0 Å². The molecule has 0 bridgehead atoms. The normalized spacial score (nSPS) is 14.2. The predicted octanol–water partition coefficient (Wildman–Crippen LogP) is 3.07. The summed E-state index contributed by atoms with van der Waals surface area (Å²) in [5.41, 5.74) is 2.89. The van der Waals surface area contributed by atoms with Crippen LogP contribution in [0.25, 0.3) is 0 Å². The lowest BCUT2D eigenvalue weighted by atomic mass is 10.1. The van der Waals surface area contributed by atoms with Gasteiger partial charge in [0.05, 0.1) is 19.7 Å². The van der Waals surface area contributed by atoms with E-state index < -0.39 is 0 Å². The van der Waals surface area contributed by atoms with E-state index in [4.69, 9.17) is 4.74 Å². The second-order valence-electron chi connectivity index (χ2n) is 8.63. The van der Waals surface area contributed by atoms with Crippen LogP contribution in [0.15, 0.2) is 58.8 Å². The van der Waals surface area contributed by atoms with Crippen molar-refractivity contribution in [1.82, 2.24) is 14.4 Å². The average Bonchev–Trinajstić information content (AvgIpc) is 3.35. The van der Waals surface area contributed by atoms with Crippen molar-refractivity contribution in [3.8, 4) is 5.75 Å². The molecule has 34 heavy (non-hydrogen) atoms. The molecule has 4 rings (SSSR count). The van der Waals surface area contributed by atoms with E-state index >= 15 is 0 Å². The molecule has 180 valence electrons. The number of hydrogen-bond acceptors (Lipinski definition) is 6. The number of likely N-dealkylation sites (N-methyl/N-ethyl adjacent to an activating group) is 1. The lowest BCUT2D eigenvalue weighted by molar-refractivity contribution is -0.130. The van der Waals surface area contributed by atoms with Crippen LogP contribution in [0.5, 0.6) is 5.75 Å². The topological polar surface area (TPSA) is 66.8 Å². The molecular formula is C26H32N4O3S. The molecule has 0 aliphatic carbocycles. The minimum atomic E-state index is -0.100. The van der Waals surface area contributed by atoms with Crippen LogP contribution in [-0.4, -0.2) is 66.7 Å². The monoisotopic (exact) mass is 480 g/mol. The van der Waals surface area contributed by atoms with Gasteiger partial charge in [-0.25, -0.2) is 0 Å². The number of aromatic nitrogens is 1. The third-order valence-electron chi connectivity index (χ3n) is 6.24. The highest BCUT2D eigenvalue weighted by Crippen LogP contribution is 2.20. The molecule has 3 heterocycles. The molecule has 0 atom stereocenters. The molecule has 1 N–H and O–H groups in total. The second-order valence-corrected chi connectivity index (χ2v) is 9.67. The fraction of sp³-hybridized carbons (Fsp3) is 0.385. The van der Waals surface area contributed by atoms with Gasteiger partial charge in [-0.1, -0.05) is 18.2 Å². The summed E-state index contributed by atoms with van der Waals surface area (Å²) in [4.78, 5) is 30.6. The van der Waals surface area contributed by atoms with E-state index in [1.807, 2.05) is 42.2 Å². The first-order chi connectivity index (χ1) is 16.5. The summed E-state index contributed by atoms with van der Waals surface area (Å²) in [6, 6.07) is 13.4. The van der Waals surface area contributed by atoms with Crippen molar-refractivity contribution < 1.29 is 9.53 Å². The minimum absolute atomic E-state index is 0.100. The van der Waals surface area contributed by atoms with Crippen LogP contribution in [0.2, 0.25) is 0 Å². The zero-order valence-electron chi connectivity index (χ0n) is 19.8. The number of nitrogens with one attached hydrogen (secondary N) is 1. The number of carbonyl (C=O) groups is 1. The first-order valence-electron chi connectivity index (χ1n) is 11.6. The van der Waals surface area contributed by atoms with Gasteiger partial charge in [-0.05, 0) is 48.7 Å². The highest BCUT2D eigenvalue weighted by molar-refractivity contribution is 7.09. The highest BCUT2D eigenvalue weighted by atomic mass is 32.1. The standard InChI is InChI=1S/C26H32N4O3S/c1-20-21(5-3-7-24(20)27-18-26(32)29-13-11-28(2)12-14-29)19-30-10-8-22(17-25(30)31)33-15-9-23-6-4-16-34-23/h3-8,10,16-17,27H,9,11-15,18-19H2,1-2H3. The Morgan fingerprint density at radius 2 is 1.94 bits per heavy atom. The largest absolute Gasteiger partial charge is 0.493 e. The summed E-state index contributed by atoms with van der Waals surface area (Å²) < 4.78 is 7.44. The van der Waals surface area contributed by atoms with Crippen LogP contribution in [-0.2, 0) is 17.8 Å². The maximum Gasteiger partial charge on any atom is 0.254 e. The fourth-order valence-corrected chi connectivity index (χ4v) is 4.69. The number of hydrogen-bond donors (Lipinski definition) is 1. The molecule has 2 aromatic heterocycles. The Morgan fingerprint density at radius 3 is 2.68 bits per heavy atom. The zero-order valence-corrected chi connectivity index (χ0v) is 20.6. The van der Waals surface area contributed by atoms with E-state index in [1.165, 1.54) is 4.88 Å². The summed E-state index contributed by atoms with van der Waals surface area (Å²) in [6.45, 7) is 6.66. The molecular weight excluding hydrogens is 448 g/mol. The second kappa shape index (κ2) is 11.4. The molecule has 0 radical (unpaired) electrons. The van der Waals surface area contributed by atoms with E-state index in [-0.39, 0.29) is 18.0 Å². The number of piperazine rings is 1. The average molecular weight is 481 g/mol. The first kappa shape index (κ1) is 24.0. The van der Waals surface area contributed by atoms with E-state index in [0.717, 1.165) is 49.4 Å². The van der Waals surface area contributed by atoms with Gasteiger partial charge in [0.1, 0.15) is 5.75 Å². The van der Waals surface area contributed by atoms with Crippen molar-refractivity contribution in [3.63, 3.8) is 0 Å². The SMILES string of the molecule is Cc1c(Cn2ccc(OCCc3cccs3)cc2=O)cccc1NCC(=O)N1CCN(C)CC1. The molecule has 1 aliphatic rings. The number of ether oxygens (including phenoxy) is 1. The quantitative estimate of drug-likeness (QED) is 0.510. The number of thiophene rings is 1. The fourth-order valence-electron chi connectivity index (χ4n) is 4.00. The summed E-state index contributed by atoms with van der Waals surface area (Å²) >= 11 is 1.71. The van der Waals surface area contributed by atoms with E-state index in [0.29, 0.717) is 18.9 Å². The molecule has 3 aromatic rings. The molecule has 0 saturated carbocycles. The maximum absolute atomic E-state index is 12.7. The molecule has 8 heteroatoms. The predicted molar refractivity (Wildman–Crippen MR) is 137 cm³/mol. The number of pyridine rings is 1. The Hall–Kier alpha value is -3.10. The van der Waals surface area contributed by atoms with Gasteiger partial charge < -0.3 is 24.4 Å². The van der Waals surface area contributed by atoms with Crippen LogP contribution in [0.1, 0.15) is 16.0 Å². The summed E-state index contributed by atoms with van der Waals surface area (Å²) in [5.74, 6) is 0.705. The van der Waals surface area contributed by atoms with Gasteiger partial charge in [0.25, 0.3) is 5.56 Å². The number of nitrogens with zero attached hydrogens (tertiary/aromatic N) is 3. The smallest absolute Gasteiger partial charge is 0.254 e. The van der Waals surface area contributed by atoms with Gasteiger partial charge in [-0.3, -0.25) is 9.59 Å². The summed E-state index contributed by atoms with van der Waals surface area (Å²) in [6.07, 6.45) is 2.61. The van der Waals surface area contributed by atoms with Gasteiger partial charge in [-0.15, -0.1) is 11.3 Å². The van der Waals surface area contributed by atoms with Crippen LogP contribution < -0.4 is 15.6 Å². The van der Waals surface area contributed by atoms with Crippen LogP contribution >= 0.6 is 11.3 Å². The number of rotatable bonds is 9. The van der Waals surface area contributed by atoms with Crippen molar-refractivity contribution in [2.24, 2.45) is 0 Å². The molecule has 7 nitrogen and oxygen atoms in total. The molecule has 0 unspecified atom stereocenters. The Bertz CT molecular complexity index is 1150. The van der Waals surface area contributed by atoms with Crippen LogP contribution in [0, 0.1) is 6.92 Å². The van der Waals surface area contributed by atoms with Gasteiger partial charge in [-0.2, -0.15) is 0 Å².